The predicted molar refractivity (Wildman–Crippen MR) is 70.4 cm³/mol. The summed E-state index contributed by atoms with van der Waals surface area (Å²) in [6, 6.07) is 9.65. The van der Waals surface area contributed by atoms with Gasteiger partial charge in [0.05, 0.1) is 19.2 Å². The molecule has 0 atom stereocenters. The Labute approximate surface area is 109 Å². The SMILES string of the molecule is O=C(Cc1c[nH]c2ccccc12)NCc1ccno1. The number of nitrogens with zero attached hydrogens (tertiary/aromatic N) is 1. The fourth-order valence-corrected chi connectivity index (χ4v) is 2.03. The number of rotatable bonds is 4. The Kier molecular flexibility index (Phi) is 3.02. The summed E-state index contributed by atoms with van der Waals surface area (Å²) in [5.74, 6) is 0.605. The van der Waals surface area contributed by atoms with Gasteiger partial charge in [0.15, 0.2) is 5.76 Å². The van der Waals surface area contributed by atoms with E-state index in [9.17, 15) is 4.79 Å². The minimum Gasteiger partial charge on any atom is -0.361 e. The highest BCUT2D eigenvalue weighted by molar-refractivity contribution is 5.88. The fourth-order valence-electron chi connectivity index (χ4n) is 2.03. The van der Waals surface area contributed by atoms with Gasteiger partial charge in [-0.05, 0) is 11.6 Å². The largest absolute Gasteiger partial charge is 0.361 e. The van der Waals surface area contributed by atoms with Crippen molar-refractivity contribution >= 4 is 16.8 Å². The fraction of sp³-hybridized carbons (Fsp3) is 0.143. The number of amides is 1. The Hall–Kier alpha value is -2.56. The van der Waals surface area contributed by atoms with E-state index >= 15 is 0 Å². The van der Waals surface area contributed by atoms with Crippen LogP contribution in [-0.2, 0) is 17.8 Å². The van der Waals surface area contributed by atoms with Crippen LogP contribution in [0.25, 0.3) is 10.9 Å². The number of carbonyl (C=O) groups excluding carboxylic acids is 1. The highest BCUT2D eigenvalue weighted by Crippen LogP contribution is 2.17. The summed E-state index contributed by atoms with van der Waals surface area (Å²) in [4.78, 5) is 15.0. The van der Waals surface area contributed by atoms with Gasteiger partial charge in [-0.3, -0.25) is 4.79 Å². The van der Waals surface area contributed by atoms with Gasteiger partial charge in [0, 0.05) is 23.2 Å². The lowest BCUT2D eigenvalue weighted by atomic mass is 10.1. The van der Waals surface area contributed by atoms with Gasteiger partial charge in [-0.15, -0.1) is 0 Å². The predicted octanol–water partition coefficient (Wildman–Crippen LogP) is 2.01. The Bertz CT molecular complexity index is 686. The average Bonchev–Trinajstić information content (AvgIpc) is 3.07. The number of aromatic amines is 1. The molecule has 2 heterocycles. The van der Waals surface area contributed by atoms with Gasteiger partial charge in [-0.1, -0.05) is 23.4 Å². The minimum atomic E-state index is -0.0406. The Morgan fingerprint density at radius 3 is 3.05 bits per heavy atom. The van der Waals surface area contributed by atoms with Gasteiger partial charge in [0.2, 0.25) is 5.91 Å². The molecule has 0 aliphatic rings. The van der Waals surface area contributed by atoms with E-state index in [4.69, 9.17) is 4.52 Å². The van der Waals surface area contributed by atoms with Crippen molar-refractivity contribution in [1.82, 2.24) is 15.5 Å². The van der Waals surface area contributed by atoms with Crippen LogP contribution in [0, 0.1) is 0 Å². The molecule has 0 saturated heterocycles. The first-order valence-corrected chi connectivity index (χ1v) is 6.04. The normalized spacial score (nSPS) is 10.7. The van der Waals surface area contributed by atoms with Crippen molar-refractivity contribution in [2.75, 3.05) is 0 Å². The molecular formula is C14H13N3O2. The van der Waals surface area contributed by atoms with Crippen LogP contribution in [0.4, 0.5) is 0 Å². The summed E-state index contributed by atoms with van der Waals surface area (Å²) in [5.41, 5.74) is 2.03. The smallest absolute Gasteiger partial charge is 0.224 e. The van der Waals surface area contributed by atoms with Crippen LogP contribution in [0.15, 0.2) is 47.2 Å². The number of benzene rings is 1. The molecule has 1 amide bonds. The van der Waals surface area contributed by atoms with Crippen LogP contribution in [0.2, 0.25) is 0 Å². The first kappa shape index (κ1) is 11.5. The van der Waals surface area contributed by atoms with E-state index < -0.39 is 0 Å². The number of para-hydroxylation sites is 1. The zero-order valence-electron chi connectivity index (χ0n) is 10.2. The summed E-state index contributed by atoms with van der Waals surface area (Å²) >= 11 is 0. The third kappa shape index (κ3) is 2.49. The molecule has 0 bridgehead atoms. The standard InChI is InChI=1S/C14H13N3O2/c18-14(16-9-11-5-6-17-19-11)7-10-8-15-13-4-2-1-3-12(10)13/h1-6,8,15H,7,9H2,(H,16,18). The number of aromatic nitrogens is 2. The molecule has 0 spiro atoms. The Balaban J connectivity index is 1.66. The van der Waals surface area contributed by atoms with Gasteiger partial charge >= 0.3 is 0 Å². The molecule has 0 saturated carbocycles. The topological polar surface area (TPSA) is 70.9 Å². The van der Waals surface area contributed by atoms with Crippen molar-refractivity contribution in [3.63, 3.8) is 0 Å². The van der Waals surface area contributed by atoms with Crippen molar-refractivity contribution in [1.29, 1.82) is 0 Å². The van der Waals surface area contributed by atoms with Crippen LogP contribution in [0.1, 0.15) is 11.3 Å². The van der Waals surface area contributed by atoms with E-state index in [0.29, 0.717) is 18.7 Å². The number of H-pyrrole nitrogens is 1. The lowest BCUT2D eigenvalue weighted by molar-refractivity contribution is -0.120. The molecular weight excluding hydrogens is 242 g/mol. The molecule has 19 heavy (non-hydrogen) atoms. The van der Waals surface area contributed by atoms with Gasteiger partial charge in [0.25, 0.3) is 0 Å². The molecule has 5 nitrogen and oxygen atoms in total. The maximum atomic E-state index is 11.9. The Morgan fingerprint density at radius 2 is 2.21 bits per heavy atom. The van der Waals surface area contributed by atoms with Crippen LogP contribution in [0.5, 0.6) is 0 Å². The number of hydrogen-bond donors (Lipinski definition) is 2. The first-order chi connectivity index (χ1) is 9.33. The van der Waals surface area contributed by atoms with Gasteiger partial charge in [-0.2, -0.15) is 0 Å². The number of carbonyl (C=O) groups is 1. The molecule has 2 N–H and O–H groups in total. The molecule has 3 aromatic rings. The zero-order valence-corrected chi connectivity index (χ0v) is 10.2. The van der Waals surface area contributed by atoms with E-state index in [0.717, 1.165) is 16.5 Å². The molecule has 0 fully saturated rings. The third-order valence-electron chi connectivity index (χ3n) is 2.98. The number of nitrogens with one attached hydrogen (secondary N) is 2. The van der Waals surface area contributed by atoms with Crippen molar-refractivity contribution in [3.8, 4) is 0 Å². The molecule has 0 unspecified atom stereocenters. The molecule has 96 valence electrons. The van der Waals surface area contributed by atoms with Crippen molar-refractivity contribution in [2.24, 2.45) is 0 Å². The van der Waals surface area contributed by atoms with Crippen molar-refractivity contribution in [3.05, 3.63) is 54.0 Å². The lowest BCUT2D eigenvalue weighted by Crippen LogP contribution is -2.24. The summed E-state index contributed by atoms with van der Waals surface area (Å²) in [5, 5.41) is 7.47. The molecule has 2 aromatic heterocycles. The van der Waals surface area contributed by atoms with E-state index in [1.807, 2.05) is 30.5 Å². The van der Waals surface area contributed by atoms with Crippen LogP contribution in [0.3, 0.4) is 0 Å². The van der Waals surface area contributed by atoms with Gasteiger partial charge in [-0.25, -0.2) is 0 Å². The van der Waals surface area contributed by atoms with E-state index in [1.165, 1.54) is 0 Å². The third-order valence-corrected chi connectivity index (χ3v) is 2.98. The molecule has 3 rings (SSSR count). The van der Waals surface area contributed by atoms with Crippen LogP contribution in [-0.4, -0.2) is 16.0 Å². The summed E-state index contributed by atoms with van der Waals surface area (Å²) in [6.45, 7) is 0.362. The van der Waals surface area contributed by atoms with Crippen molar-refractivity contribution < 1.29 is 9.32 Å². The highest BCUT2D eigenvalue weighted by Gasteiger charge is 2.08. The van der Waals surface area contributed by atoms with Crippen molar-refractivity contribution in [2.45, 2.75) is 13.0 Å². The monoisotopic (exact) mass is 255 g/mol. The molecule has 1 aromatic carbocycles. The van der Waals surface area contributed by atoms with E-state index in [1.54, 1.807) is 12.3 Å². The Morgan fingerprint density at radius 1 is 1.32 bits per heavy atom. The van der Waals surface area contributed by atoms with Gasteiger partial charge in [0.1, 0.15) is 0 Å². The second-order valence-electron chi connectivity index (χ2n) is 4.29. The highest BCUT2D eigenvalue weighted by atomic mass is 16.5. The second-order valence-corrected chi connectivity index (χ2v) is 4.29. The molecule has 0 aliphatic heterocycles. The summed E-state index contributed by atoms with van der Waals surface area (Å²) in [6.07, 6.45) is 3.78. The molecule has 5 heteroatoms. The quantitative estimate of drug-likeness (QED) is 0.749. The summed E-state index contributed by atoms with van der Waals surface area (Å²) in [7, 11) is 0. The molecule has 0 aliphatic carbocycles. The van der Waals surface area contributed by atoms with Crippen LogP contribution >= 0.6 is 0 Å². The lowest BCUT2D eigenvalue weighted by Gasteiger charge is -2.02. The van der Waals surface area contributed by atoms with Gasteiger partial charge < -0.3 is 14.8 Å². The van der Waals surface area contributed by atoms with E-state index in [-0.39, 0.29) is 5.91 Å². The zero-order chi connectivity index (χ0) is 13.1. The van der Waals surface area contributed by atoms with Crippen LogP contribution < -0.4 is 5.32 Å². The first-order valence-electron chi connectivity index (χ1n) is 6.04. The summed E-state index contributed by atoms with van der Waals surface area (Å²) < 4.78 is 4.92. The van der Waals surface area contributed by atoms with E-state index in [2.05, 4.69) is 15.5 Å². The number of hydrogen-bond acceptors (Lipinski definition) is 3. The molecule has 0 radical (unpaired) electrons. The second kappa shape index (κ2) is 4.97. The maximum Gasteiger partial charge on any atom is 0.224 e. The number of fused-ring (bicyclic) bond motifs is 1. The minimum absolute atomic E-state index is 0.0406. The average molecular weight is 255 g/mol. The maximum absolute atomic E-state index is 11.9.